The molecule has 1 aromatic heterocycles. The van der Waals surface area contributed by atoms with Crippen LogP contribution < -0.4 is 0 Å². The molecule has 2 aromatic rings. The molecule has 15 heavy (non-hydrogen) atoms. The summed E-state index contributed by atoms with van der Waals surface area (Å²) in [5.74, 6) is 0. The van der Waals surface area contributed by atoms with Crippen molar-refractivity contribution < 1.29 is 0 Å². The normalized spacial score (nSPS) is 13.3. The maximum absolute atomic E-state index is 6.14. The van der Waals surface area contributed by atoms with Crippen molar-refractivity contribution in [3.63, 3.8) is 0 Å². The molecule has 0 saturated carbocycles. The van der Waals surface area contributed by atoms with Crippen molar-refractivity contribution in [2.45, 2.75) is 32.7 Å². The zero-order valence-electron chi connectivity index (χ0n) is 9.20. The largest absolute Gasteiger partial charge is 0.345 e. The van der Waals surface area contributed by atoms with Crippen molar-refractivity contribution in [1.82, 2.24) is 4.57 Å². The van der Waals surface area contributed by atoms with E-state index in [0.717, 1.165) is 10.4 Å². The van der Waals surface area contributed by atoms with Gasteiger partial charge in [0.25, 0.3) is 0 Å². The Balaban J connectivity index is 2.49. The standard InChI is InChI=1S/C13H16ClN/c1-3-5-10(2)15-9-8-11-12(14)6-4-7-13(11)15/h4,6-10H,3,5H2,1-2H3. The fourth-order valence-electron chi connectivity index (χ4n) is 2.09. The van der Waals surface area contributed by atoms with Gasteiger partial charge in [-0.1, -0.05) is 31.0 Å². The van der Waals surface area contributed by atoms with Crippen molar-refractivity contribution in [1.29, 1.82) is 0 Å². The van der Waals surface area contributed by atoms with E-state index in [1.54, 1.807) is 0 Å². The van der Waals surface area contributed by atoms with Gasteiger partial charge in [-0.2, -0.15) is 0 Å². The minimum Gasteiger partial charge on any atom is -0.345 e. The molecule has 1 atom stereocenters. The topological polar surface area (TPSA) is 4.93 Å². The van der Waals surface area contributed by atoms with E-state index in [1.807, 2.05) is 12.1 Å². The van der Waals surface area contributed by atoms with Crippen LogP contribution in [0.3, 0.4) is 0 Å². The van der Waals surface area contributed by atoms with E-state index in [-0.39, 0.29) is 0 Å². The molecule has 1 unspecified atom stereocenters. The second-order valence-electron chi connectivity index (χ2n) is 4.03. The highest BCUT2D eigenvalue weighted by atomic mass is 35.5. The summed E-state index contributed by atoms with van der Waals surface area (Å²) in [6.45, 7) is 4.47. The van der Waals surface area contributed by atoms with Crippen LogP contribution >= 0.6 is 11.6 Å². The summed E-state index contributed by atoms with van der Waals surface area (Å²) in [6.07, 6.45) is 4.55. The Hall–Kier alpha value is -0.950. The van der Waals surface area contributed by atoms with Crippen LogP contribution in [0, 0.1) is 0 Å². The number of rotatable bonds is 3. The molecule has 0 amide bonds. The lowest BCUT2D eigenvalue weighted by atomic mass is 10.2. The van der Waals surface area contributed by atoms with Crippen molar-refractivity contribution in [3.05, 3.63) is 35.5 Å². The quantitative estimate of drug-likeness (QED) is 0.711. The smallest absolute Gasteiger partial charge is 0.0499 e. The lowest BCUT2D eigenvalue weighted by molar-refractivity contribution is 0.515. The van der Waals surface area contributed by atoms with Gasteiger partial charge in [-0.05, 0) is 31.5 Å². The molecule has 1 heterocycles. The van der Waals surface area contributed by atoms with Gasteiger partial charge in [0, 0.05) is 28.2 Å². The zero-order valence-corrected chi connectivity index (χ0v) is 9.96. The molecule has 0 N–H and O–H groups in total. The van der Waals surface area contributed by atoms with Gasteiger partial charge in [0.05, 0.1) is 0 Å². The molecule has 0 fully saturated rings. The summed E-state index contributed by atoms with van der Waals surface area (Å²) in [5, 5.41) is 2.00. The Labute approximate surface area is 95.7 Å². The number of hydrogen-bond acceptors (Lipinski definition) is 0. The van der Waals surface area contributed by atoms with Gasteiger partial charge in [-0.3, -0.25) is 0 Å². The highest BCUT2D eigenvalue weighted by Gasteiger charge is 2.08. The van der Waals surface area contributed by atoms with E-state index in [2.05, 4.69) is 36.7 Å². The van der Waals surface area contributed by atoms with Crippen LogP contribution in [0.1, 0.15) is 32.7 Å². The average molecular weight is 222 g/mol. The second kappa shape index (κ2) is 4.28. The molecule has 0 aliphatic carbocycles. The van der Waals surface area contributed by atoms with Gasteiger partial charge >= 0.3 is 0 Å². The molecule has 0 aliphatic heterocycles. The van der Waals surface area contributed by atoms with Gasteiger partial charge in [-0.15, -0.1) is 0 Å². The first kappa shape index (κ1) is 10.6. The lowest BCUT2D eigenvalue weighted by Crippen LogP contribution is -2.02. The van der Waals surface area contributed by atoms with Gasteiger partial charge in [0.2, 0.25) is 0 Å². The molecule has 0 bridgehead atoms. The minimum absolute atomic E-state index is 0.547. The molecule has 2 rings (SSSR count). The van der Waals surface area contributed by atoms with Crippen molar-refractivity contribution in [2.75, 3.05) is 0 Å². The predicted molar refractivity (Wildman–Crippen MR) is 66.6 cm³/mol. The number of hydrogen-bond donors (Lipinski definition) is 0. The third kappa shape index (κ3) is 1.89. The third-order valence-electron chi connectivity index (χ3n) is 2.89. The fraction of sp³-hybridized carbons (Fsp3) is 0.385. The van der Waals surface area contributed by atoms with Crippen LogP contribution in [0.25, 0.3) is 10.9 Å². The highest BCUT2D eigenvalue weighted by Crippen LogP contribution is 2.27. The first-order chi connectivity index (χ1) is 7.24. The Morgan fingerprint density at radius 2 is 2.13 bits per heavy atom. The Bertz CT molecular complexity index is 459. The number of fused-ring (bicyclic) bond motifs is 1. The average Bonchev–Trinajstić information content (AvgIpc) is 2.63. The van der Waals surface area contributed by atoms with Crippen LogP contribution in [0.4, 0.5) is 0 Å². The number of nitrogens with zero attached hydrogens (tertiary/aromatic N) is 1. The van der Waals surface area contributed by atoms with Gasteiger partial charge in [0.15, 0.2) is 0 Å². The molecule has 80 valence electrons. The molecule has 1 nitrogen and oxygen atoms in total. The van der Waals surface area contributed by atoms with E-state index >= 15 is 0 Å². The van der Waals surface area contributed by atoms with Crippen LogP contribution in [-0.4, -0.2) is 4.57 Å². The van der Waals surface area contributed by atoms with E-state index in [9.17, 15) is 0 Å². The van der Waals surface area contributed by atoms with Gasteiger partial charge in [0.1, 0.15) is 0 Å². The summed E-state index contributed by atoms with van der Waals surface area (Å²) in [7, 11) is 0. The first-order valence-corrected chi connectivity index (χ1v) is 5.87. The zero-order chi connectivity index (χ0) is 10.8. The van der Waals surface area contributed by atoms with Crippen LogP contribution in [0.15, 0.2) is 30.5 Å². The maximum atomic E-state index is 6.14. The molecule has 1 aromatic carbocycles. The van der Waals surface area contributed by atoms with E-state index in [0.29, 0.717) is 6.04 Å². The van der Waals surface area contributed by atoms with Crippen LogP contribution in [0.5, 0.6) is 0 Å². The molecule has 0 spiro atoms. The fourth-order valence-corrected chi connectivity index (χ4v) is 2.32. The van der Waals surface area contributed by atoms with Crippen molar-refractivity contribution in [3.8, 4) is 0 Å². The third-order valence-corrected chi connectivity index (χ3v) is 3.22. The molecule has 2 heteroatoms. The number of aromatic nitrogens is 1. The molecular formula is C13H16ClN. The molecule has 0 radical (unpaired) electrons. The highest BCUT2D eigenvalue weighted by molar-refractivity contribution is 6.35. The predicted octanol–water partition coefficient (Wildman–Crippen LogP) is 4.66. The molecular weight excluding hydrogens is 206 g/mol. The summed E-state index contributed by atoms with van der Waals surface area (Å²) in [6, 6.07) is 8.74. The minimum atomic E-state index is 0.547. The lowest BCUT2D eigenvalue weighted by Gasteiger charge is -2.14. The van der Waals surface area contributed by atoms with Gasteiger partial charge < -0.3 is 4.57 Å². The number of benzene rings is 1. The van der Waals surface area contributed by atoms with Crippen LogP contribution in [-0.2, 0) is 0 Å². The van der Waals surface area contributed by atoms with E-state index in [1.165, 1.54) is 18.4 Å². The van der Waals surface area contributed by atoms with Gasteiger partial charge in [-0.25, -0.2) is 0 Å². The molecule has 0 saturated heterocycles. The molecule has 0 aliphatic rings. The number of halogens is 1. The monoisotopic (exact) mass is 221 g/mol. The van der Waals surface area contributed by atoms with Crippen molar-refractivity contribution >= 4 is 22.5 Å². The second-order valence-corrected chi connectivity index (χ2v) is 4.44. The Morgan fingerprint density at radius 3 is 2.87 bits per heavy atom. The Morgan fingerprint density at radius 1 is 1.33 bits per heavy atom. The SMILES string of the molecule is CCCC(C)n1ccc2c(Cl)cccc21. The first-order valence-electron chi connectivity index (χ1n) is 5.49. The summed E-state index contributed by atoms with van der Waals surface area (Å²) < 4.78 is 2.31. The van der Waals surface area contributed by atoms with Crippen LogP contribution in [0.2, 0.25) is 5.02 Å². The van der Waals surface area contributed by atoms with E-state index in [4.69, 9.17) is 11.6 Å². The summed E-state index contributed by atoms with van der Waals surface area (Å²) in [5.41, 5.74) is 1.24. The summed E-state index contributed by atoms with van der Waals surface area (Å²) in [4.78, 5) is 0. The van der Waals surface area contributed by atoms with Crippen molar-refractivity contribution in [2.24, 2.45) is 0 Å². The Kier molecular flexibility index (Phi) is 3.01. The maximum Gasteiger partial charge on any atom is 0.0499 e. The van der Waals surface area contributed by atoms with E-state index < -0.39 is 0 Å². The summed E-state index contributed by atoms with van der Waals surface area (Å²) >= 11 is 6.14.